The number of carbonyl (C=O) groups excluding carboxylic acids is 1. The van der Waals surface area contributed by atoms with Crippen LogP contribution in [0.2, 0.25) is 0 Å². The van der Waals surface area contributed by atoms with Gasteiger partial charge in [-0.15, -0.1) is 11.3 Å². The van der Waals surface area contributed by atoms with Crippen LogP contribution in [0.15, 0.2) is 23.2 Å². The summed E-state index contributed by atoms with van der Waals surface area (Å²) in [7, 11) is 0. The van der Waals surface area contributed by atoms with E-state index in [2.05, 4.69) is 5.32 Å². The third-order valence-corrected chi connectivity index (χ3v) is 4.34. The van der Waals surface area contributed by atoms with Crippen LogP contribution in [0.25, 0.3) is 6.08 Å². The van der Waals surface area contributed by atoms with E-state index in [0.717, 1.165) is 24.3 Å². The molecule has 1 amide bonds. The second-order valence-corrected chi connectivity index (χ2v) is 5.92. The van der Waals surface area contributed by atoms with Crippen molar-refractivity contribution in [2.24, 2.45) is 0 Å². The molecule has 0 aromatic carbocycles. The van der Waals surface area contributed by atoms with Crippen LogP contribution in [-0.2, 0) is 9.53 Å². The Morgan fingerprint density at radius 1 is 1.63 bits per heavy atom. The summed E-state index contributed by atoms with van der Waals surface area (Å²) >= 11 is 6.82. The van der Waals surface area contributed by atoms with E-state index in [9.17, 15) is 4.79 Å². The molecule has 1 unspecified atom stereocenters. The fraction of sp³-hybridized carbons (Fsp3) is 0.385. The molecule has 2 aliphatic heterocycles. The summed E-state index contributed by atoms with van der Waals surface area (Å²) in [5, 5.41) is 5.44. The summed E-state index contributed by atoms with van der Waals surface area (Å²) in [6, 6.07) is 3.93. The zero-order chi connectivity index (χ0) is 13.2. The summed E-state index contributed by atoms with van der Waals surface area (Å²) in [6.45, 7) is 1.33. The van der Waals surface area contributed by atoms with Crippen LogP contribution in [0.5, 0.6) is 0 Å². The Morgan fingerprint density at radius 2 is 2.53 bits per heavy atom. The van der Waals surface area contributed by atoms with E-state index in [1.165, 1.54) is 0 Å². The molecule has 3 rings (SSSR count). The molecule has 0 bridgehead atoms. The maximum absolute atomic E-state index is 12.3. The van der Waals surface area contributed by atoms with Crippen LogP contribution in [0.3, 0.4) is 0 Å². The standard InChI is InChI=1S/C13H14N2O2S2/c16-12-11(7-10-4-2-6-19-10)14-13(18)15(12)8-9-3-1-5-17-9/h2,4,6-7,9H,1,3,5,8H2,(H,14,18)/b11-7-. The van der Waals surface area contributed by atoms with Gasteiger partial charge in [-0.2, -0.15) is 0 Å². The number of hydrogen-bond acceptors (Lipinski definition) is 4. The molecule has 1 aromatic heterocycles. The molecule has 2 saturated heterocycles. The van der Waals surface area contributed by atoms with Crippen molar-refractivity contribution >= 4 is 40.7 Å². The molecule has 1 atom stereocenters. The van der Waals surface area contributed by atoms with Crippen LogP contribution < -0.4 is 5.32 Å². The van der Waals surface area contributed by atoms with E-state index in [1.54, 1.807) is 16.2 Å². The molecule has 2 aliphatic rings. The second-order valence-electron chi connectivity index (χ2n) is 4.55. The molecule has 3 heterocycles. The van der Waals surface area contributed by atoms with Gasteiger partial charge in [-0.1, -0.05) is 6.07 Å². The van der Waals surface area contributed by atoms with Crippen LogP contribution >= 0.6 is 23.6 Å². The highest BCUT2D eigenvalue weighted by atomic mass is 32.1. The van der Waals surface area contributed by atoms with Crippen molar-refractivity contribution in [2.75, 3.05) is 13.2 Å². The molecule has 6 heteroatoms. The topological polar surface area (TPSA) is 41.6 Å². The number of nitrogens with zero attached hydrogens (tertiary/aromatic N) is 1. The number of amides is 1. The number of ether oxygens (including phenoxy) is 1. The lowest BCUT2D eigenvalue weighted by atomic mass is 10.2. The van der Waals surface area contributed by atoms with Crippen LogP contribution in [0.4, 0.5) is 0 Å². The van der Waals surface area contributed by atoms with Gasteiger partial charge >= 0.3 is 0 Å². The van der Waals surface area contributed by atoms with Gasteiger partial charge in [-0.25, -0.2) is 0 Å². The molecule has 1 N–H and O–H groups in total. The van der Waals surface area contributed by atoms with Gasteiger partial charge in [0.25, 0.3) is 5.91 Å². The first-order valence-electron chi connectivity index (χ1n) is 6.24. The Hall–Kier alpha value is -1.24. The predicted molar refractivity (Wildman–Crippen MR) is 78.7 cm³/mol. The molecule has 4 nitrogen and oxygen atoms in total. The van der Waals surface area contributed by atoms with Crippen molar-refractivity contribution in [3.05, 3.63) is 28.1 Å². The first kappa shape index (κ1) is 12.8. The van der Waals surface area contributed by atoms with Gasteiger partial charge in [0.2, 0.25) is 0 Å². The smallest absolute Gasteiger partial charge is 0.276 e. The zero-order valence-corrected chi connectivity index (χ0v) is 11.9. The molecular formula is C13H14N2O2S2. The number of nitrogens with one attached hydrogen (secondary N) is 1. The minimum absolute atomic E-state index is 0.0612. The molecule has 0 aliphatic carbocycles. The maximum Gasteiger partial charge on any atom is 0.276 e. The van der Waals surface area contributed by atoms with E-state index in [0.29, 0.717) is 17.4 Å². The Labute approximate surface area is 121 Å². The van der Waals surface area contributed by atoms with Gasteiger partial charge in [0, 0.05) is 11.5 Å². The molecule has 0 radical (unpaired) electrons. The minimum Gasteiger partial charge on any atom is -0.376 e. The lowest BCUT2D eigenvalue weighted by molar-refractivity contribution is -0.123. The van der Waals surface area contributed by atoms with Crippen molar-refractivity contribution < 1.29 is 9.53 Å². The number of carbonyl (C=O) groups is 1. The van der Waals surface area contributed by atoms with Gasteiger partial charge in [0.05, 0.1) is 12.6 Å². The van der Waals surface area contributed by atoms with Crippen LogP contribution in [-0.4, -0.2) is 35.2 Å². The Morgan fingerprint density at radius 3 is 3.21 bits per heavy atom. The first-order chi connectivity index (χ1) is 9.24. The predicted octanol–water partition coefficient (Wildman–Crippen LogP) is 1.98. The average molecular weight is 294 g/mol. The number of thiophene rings is 1. The summed E-state index contributed by atoms with van der Waals surface area (Å²) in [5.41, 5.74) is 0.547. The monoisotopic (exact) mass is 294 g/mol. The van der Waals surface area contributed by atoms with E-state index in [-0.39, 0.29) is 12.0 Å². The number of hydrogen-bond donors (Lipinski definition) is 1. The van der Waals surface area contributed by atoms with Crippen molar-refractivity contribution in [1.82, 2.24) is 10.2 Å². The van der Waals surface area contributed by atoms with Crippen LogP contribution in [0.1, 0.15) is 17.7 Å². The highest BCUT2D eigenvalue weighted by Crippen LogP contribution is 2.20. The third kappa shape index (κ3) is 2.70. The van der Waals surface area contributed by atoms with Crippen molar-refractivity contribution in [1.29, 1.82) is 0 Å². The summed E-state index contributed by atoms with van der Waals surface area (Å²) in [5.74, 6) is -0.0612. The van der Waals surface area contributed by atoms with E-state index in [1.807, 2.05) is 23.6 Å². The van der Waals surface area contributed by atoms with Gasteiger partial charge in [0.1, 0.15) is 5.70 Å². The quantitative estimate of drug-likeness (QED) is 0.684. The third-order valence-electron chi connectivity index (χ3n) is 3.20. The van der Waals surface area contributed by atoms with Gasteiger partial charge in [0.15, 0.2) is 5.11 Å². The van der Waals surface area contributed by atoms with Gasteiger partial charge < -0.3 is 10.1 Å². The molecule has 0 saturated carbocycles. The summed E-state index contributed by atoms with van der Waals surface area (Å²) in [6.07, 6.45) is 4.01. The maximum atomic E-state index is 12.3. The molecule has 1 aromatic rings. The average Bonchev–Trinajstić information content (AvgIpc) is 3.10. The fourth-order valence-corrected chi connectivity index (χ4v) is 3.17. The molecular weight excluding hydrogens is 280 g/mol. The molecule has 100 valence electrons. The molecule has 19 heavy (non-hydrogen) atoms. The fourth-order valence-electron chi connectivity index (χ4n) is 2.25. The van der Waals surface area contributed by atoms with E-state index < -0.39 is 0 Å². The Bertz CT molecular complexity index is 519. The van der Waals surface area contributed by atoms with Gasteiger partial charge in [-0.05, 0) is 42.6 Å². The van der Waals surface area contributed by atoms with E-state index in [4.69, 9.17) is 17.0 Å². The zero-order valence-electron chi connectivity index (χ0n) is 10.3. The van der Waals surface area contributed by atoms with Gasteiger partial charge in [-0.3, -0.25) is 9.69 Å². The van der Waals surface area contributed by atoms with Crippen molar-refractivity contribution in [2.45, 2.75) is 18.9 Å². The normalized spacial score (nSPS) is 25.4. The number of thiocarbonyl (C=S) groups is 1. The highest BCUT2D eigenvalue weighted by molar-refractivity contribution is 7.80. The summed E-state index contributed by atoms with van der Waals surface area (Å²) < 4.78 is 5.55. The Balaban J connectivity index is 1.73. The van der Waals surface area contributed by atoms with E-state index >= 15 is 0 Å². The minimum atomic E-state index is -0.0612. The lowest BCUT2D eigenvalue weighted by Gasteiger charge is -2.18. The number of rotatable bonds is 3. The Kier molecular flexibility index (Phi) is 3.63. The van der Waals surface area contributed by atoms with Crippen molar-refractivity contribution in [3.8, 4) is 0 Å². The highest BCUT2D eigenvalue weighted by Gasteiger charge is 2.33. The lowest BCUT2D eigenvalue weighted by Crippen LogP contribution is -2.37. The summed E-state index contributed by atoms with van der Waals surface area (Å²) in [4.78, 5) is 14.9. The molecule has 0 spiro atoms. The second kappa shape index (κ2) is 5.40. The SMILES string of the molecule is O=C1/C(=C/c2cccs2)NC(=S)N1CC1CCCO1. The van der Waals surface area contributed by atoms with Crippen molar-refractivity contribution in [3.63, 3.8) is 0 Å². The first-order valence-corrected chi connectivity index (χ1v) is 7.52. The molecule has 2 fully saturated rings. The largest absolute Gasteiger partial charge is 0.376 e. The van der Waals surface area contributed by atoms with Crippen LogP contribution in [0, 0.1) is 0 Å².